The Labute approximate surface area is 154 Å². The average Bonchev–Trinajstić information content (AvgIpc) is 3.25. The maximum atomic E-state index is 6.76. The molecule has 0 radical (unpaired) electrons. The molecule has 2 saturated heterocycles. The summed E-state index contributed by atoms with van der Waals surface area (Å²) in [5.74, 6) is 0.444. The molecule has 1 saturated carbocycles. The van der Waals surface area contributed by atoms with Crippen molar-refractivity contribution in [3.05, 3.63) is 28.8 Å². The van der Waals surface area contributed by atoms with Gasteiger partial charge in [0.05, 0.1) is 24.2 Å². The van der Waals surface area contributed by atoms with Crippen molar-refractivity contribution in [3.8, 4) is 5.75 Å². The quantitative estimate of drug-likeness (QED) is 0.770. The molecule has 1 aromatic rings. The Balaban J connectivity index is 1.68. The summed E-state index contributed by atoms with van der Waals surface area (Å²) >= 11 is 0. The Hall–Kier alpha value is -1.14. The summed E-state index contributed by atoms with van der Waals surface area (Å²) in [6.07, 6.45) is 3.71. The van der Waals surface area contributed by atoms with E-state index in [1.807, 2.05) is 7.11 Å². The number of likely N-dealkylation sites (tertiary alicyclic amines) is 1. The summed E-state index contributed by atoms with van der Waals surface area (Å²) in [6, 6.07) is 4.89. The van der Waals surface area contributed by atoms with Gasteiger partial charge in [-0.2, -0.15) is 0 Å². The molecular formula is C21H27NO4. The van der Waals surface area contributed by atoms with E-state index < -0.39 is 5.79 Å². The highest BCUT2D eigenvalue weighted by Crippen LogP contribution is 2.68. The number of hydrogen-bond donors (Lipinski definition) is 0. The molecule has 2 spiro atoms. The lowest BCUT2D eigenvalue weighted by Gasteiger charge is -2.66. The lowest BCUT2D eigenvalue weighted by atomic mass is 9.48. The molecule has 2 aliphatic carbocycles. The van der Waals surface area contributed by atoms with Crippen LogP contribution in [0.2, 0.25) is 0 Å². The van der Waals surface area contributed by atoms with E-state index in [9.17, 15) is 0 Å². The Bertz CT molecular complexity index is 788. The maximum absolute atomic E-state index is 6.76. The van der Waals surface area contributed by atoms with Gasteiger partial charge in [-0.05, 0) is 50.9 Å². The van der Waals surface area contributed by atoms with Crippen LogP contribution in [0.25, 0.3) is 0 Å². The van der Waals surface area contributed by atoms with Crippen molar-refractivity contribution in [2.75, 3.05) is 33.9 Å². The Kier molecular flexibility index (Phi) is 2.94. The summed E-state index contributed by atoms with van der Waals surface area (Å²) in [7, 11) is 4.15. The van der Waals surface area contributed by atoms with E-state index in [4.69, 9.17) is 18.9 Å². The molecule has 4 atom stereocenters. The van der Waals surface area contributed by atoms with Gasteiger partial charge in [0.25, 0.3) is 0 Å². The number of aryl methyl sites for hydroxylation is 1. The third kappa shape index (κ3) is 1.48. The maximum Gasteiger partial charge on any atom is 0.207 e. The second-order valence-corrected chi connectivity index (χ2v) is 8.77. The summed E-state index contributed by atoms with van der Waals surface area (Å²) in [4.78, 5) is 2.50. The number of fused-ring (bicyclic) bond motifs is 1. The van der Waals surface area contributed by atoms with E-state index in [-0.39, 0.29) is 17.1 Å². The van der Waals surface area contributed by atoms with Crippen LogP contribution in [0.3, 0.4) is 0 Å². The zero-order valence-electron chi connectivity index (χ0n) is 15.8. The summed E-state index contributed by atoms with van der Waals surface area (Å²) in [6.45, 7) is 4.52. The van der Waals surface area contributed by atoms with Gasteiger partial charge >= 0.3 is 0 Å². The minimum Gasteiger partial charge on any atom is -0.483 e. The van der Waals surface area contributed by atoms with Crippen molar-refractivity contribution in [3.63, 3.8) is 0 Å². The largest absolute Gasteiger partial charge is 0.483 e. The Morgan fingerprint density at radius 1 is 1.15 bits per heavy atom. The van der Waals surface area contributed by atoms with Gasteiger partial charge in [0.15, 0.2) is 6.10 Å². The van der Waals surface area contributed by atoms with E-state index in [2.05, 4.69) is 31.0 Å². The average molecular weight is 357 g/mol. The van der Waals surface area contributed by atoms with Crippen molar-refractivity contribution in [2.45, 2.75) is 61.6 Å². The highest BCUT2D eigenvalue weighted by Gasteiger charge is 2.77. The zero-order chi connectivity index (χ0) is 17.7. The first-order chi connectivity index (χ1) is 12.6. The minimum atomic E-state index is -0.622. The number of likely N-dealkylation sites (N-methyl/N-ethyl adjacent to an activating group) is 1. The van der Waals surface area contributed by atoms with Crippen LogP contribution in [0.5, 0.6) is 5.75 Å². The molecule has 5 nitrogen and oxygen atoms in total. The molecular weight excluding hydrogens is 330 g/mol. The first-order valence-electron chi connectivity index (χ1n) is 9.91. The number of piperidine rings is 1. The lowest BCUT2D eigenvalue weighted by molar-refractivity contribution is -0.300. The monoisotopic (exact) mass is 357 g/mol. The predicted octanol–water partition coefficient (Wildman–Crippen LogP) is 2.18. The summed E-state index contributed by atoms with van der Waals surface area (Å²) in [5.41, 5.74) is 3.61. The van der Waals surface area contributed by atoms with E-state index in [0.29, 0.717) is 19.3 Å². The number of hydrogen-bond acceptors (Lipinski definition) is 5. The number of methoxy groups -OCH3 is 1. The van der Waals surface area contributed by atoms with Crippen molar-refractivity contribution < 1.29 is 18.9 Å². The Morgan fingerprint density at radius 3 is 2.73 bits per heavy atom. The molecule has 0 unspecified atom stereocenters. The van der Waals surface area contributed by atoms with E-state index in [0.717, 1.165) is 38.0 Å². The molecule has 2 bridgehead atoms. The van der Waals surface area contributed by atoms with Gasteiger partial charge in [-0.1, -0.05) is 12.1 Å². The molecule has 0 aromatic heterocycles. The van der Waals surface area contributed by atoms with Crippen LogP contribution in [0, 0.1) is 6.92 Å². The fraction of sp³-hybridized carbons (Fsp3) is 0.714. The highest BCUT2D eigenvalue weighted by atomic mass is 16.8. The highest BCUT2D eigenvalue weighted by molar-refractivity contribution is 5.60. The van der Waals surface area contributed by atoms with Gasteiger partial charge in [-0.25, -0.2) is 0 Å². The number of ether oxygens (including phenoxy) is 4. The summed E-state index contributed by atoms with van der Waals surface area (Å²) in [5, 5.41) is 0. The molecule has 5 heteroatoms. The van der Waals surface area contributed by atoms with Crippen molar-refractivity contribution in [1.29, 1.82) is 0 Å². The van der Waals surface area contributed by atoms with Crippen LogP contribution in [-0.4, -0.2) is 62.3 Å². The van der Waals surface area contributed by atoms with Gasteiger partial charge in [0.1, 0.15) is 5.75 Å². The van der Waals surface area contributed by atoms with Crippen molar-refractivity contribution in [1.82, 2.24) is 4.90 Å². The van der Waals surface area contributed by atoms with Gasteiger partial charge < -0.3 is 23.8 Å². The second kappa shape index (κ2) is 4.82. The Morgan fingerprint density at radius 2 is 1.96 bits per heavy atom. The van der Waals surface area contributed by atoms with Gasteiger partial charge in [-0.15, -0.1) is 0 Å². The van der Waals surface area contributed by atoms with Crippen LogP contribution >= 0.6 is 0 Å². The second-order valence-electron chi connectivity index (χ2n) is 8.77. The smallest absolute Gasteiger partial charge is 0.207 e. The first kappa shape index (κ1) is 15.9. The zero-order valence-corrected chi connectivity index (χ0v) is 15.8. The molecule has 1 aromatic carbocycles. The van der Waals surface area contributed by atoms with Crippen LogP contribution < -0.4 is 4.74 Å². The van der Waals surface area contributed by atoms with Crippen LogP contribution in [0.1, 0.15) is 36.0 Å². The molecule has 6 rings (SSSR count). The van der Waals surface area contributed by atoms with E-state index in [1.54, 1.807) is 0 Å². The third-order valence-electron chi connectivity index (χ3n) is 8.05. The fourth-order valence-corrected chi connectivity index (χ4v) is 7.01. The molecule has 0 N–H and O–H groups in total. The van der Waals surface area contributed by atoms with Crippen LogP contribution in [0.4, 0.5) is 0 Å². The van der Waals surface area contributed by atoms with E-state index >= 15 is 0 Å². The van der Waals surface area contributed by atoms with Crippen molar-refractivity contribution >= 4 is 0 Å². The first-order valence-corrected chi connectivity index (χ1v) is 9.91. The number of benzene rings is 1. The molecule has 140 valence electrons. The number of rotatable bonds is 1. The van der Waals surface area contributed by atoms with Crippen LogP contribution in [0.15, 0.2) is 12.1 Å². The third-order valence-corrected chi connectivity index (χ3v) is 8.05. The molecule has 3 fully saturated rings. The van der Waals surface area contributed by atoms with Gasteiger partial charge in [0, 0.05) is 25.1 Å². The predicted molar refractivity (Wildman–Crippen MR) is 95.6 cm³/mol. The molecule has 3 heterocycles. The molecule has 0 amide bonds. The normalized spacial score (nSPS) is 42.0. The van der Waals surface area contributed by atoms with Crippen molar-refractivity contribution in [2.24, 2.45) is 0 Å². The standard InChI is InChI=1S/C21H27NO4/c1-13-4-5-14-12-15-20(23-3)6-7-21(24-10-11-25-21)18-19(20,8-9-22(15)2)16(14)17(13)26-18/h4-5,15,18H,6-12H2,1-3H3/t15-,18-,19+,20-/m1/s1. The lowest BCUT2D eigenvalue weighted by Crippen LogP contribution is -2.79. The fourth-order valence-electron chi connectivity index (χ4n) is 7.01. The summed E-state index contributed by atoms with van der Waals surface area (Å²) < 4.78 is 25.8. The van der Waals surface area contributed by atoms with Gasteiger partial charge in [-0.3, -0.25) is 0 Å². The van der Waals surface area contributed by atoms with E-state index in [1.165, 1.54) is 16.7 Å². The topological polar surface area (TPSA) is 40.2 Å². The number of nitrogens with zero attached hydrogens (tertiary/aromatic N) is 1. The SMILES string of the molecule is CO[C@@]12CCC3(OCCO3)[C@@H]3Oc4c(C)ccc5c4[C@@]31CCN(C)[C@@H]2C5. The van der Waals surface area contributed by atoms with Gasteiger partial charge in [0.2, 0.25) is 5.79 Å². The molecule has 3 aliphatic heterocycles. The minimum absolute atomic E-state index is 0.127. The van der Waals surface area contributed by atoms with Crippen LogP contribution in [-0.2, 0) is 26.0 Å². The molecule has 5 aliphatic rings. The molecule has 26 heavy (non-hydrogen) atoms.